The normalized spacial score (nSPS) is 10.2. The first-order valence-corrected chi connectivity index (χ1v) is 4.12. The number of fused-ring (bicyclic) bond motifs is 1. The molecule has 0 aliphatic rings. The average molecular weight is 171 g/mol. The largest absolute Gasteiger partial charge is 0.296 e. The summed E-state index contributed by atoms with van der Waals surface area (Å²) in [6, 6.07) is 7.91. The molecule has 0 saturated carbocycles. The van der Waals surface area contributed by atoms with E-state index in [0.717, 1.165) is 22.6 Å². The van der Waals surface area contributed by atoms with Crippen molar-refractivity contribution in [3.05, 3.63) is 41.7 Å². The van der Waals surface area contributed by atoms with E-state index in [-0.39, 0.29) is 0 Å². The summed E-state index contributed by atoms with van der Waals surface area (Å²) < 4.78 is 0. The van der Waals surface area contributed by atoms with Crippen LogP contribution in [0.5, 0.6) is 0 Å². The van der Waals surface area contributed by atoms with Crippen molar-refractivity contribution in [1.82, 2.24) is 4.98 Å². The molecule has 0 bridgehead atoms. The summed E-state index contributed by atoms with van der Waals surface area (Å²) >= 11 is 0. The molecule has 0 spiro atoms. The lowest BCUT2D eigenvalue weighted by atomic mass is 10.1. The zero-order valence-corrected chi connectivity index (χ0v) is 7.32. The Morgan fingerprint density at radius 3 is 2.92 bits per heavy atom. The fourth-order valence-electron chi connectivity index (χ4n) is 1.40. The van der Waals surface area contributed by atoms with Crippen molar-refractivity contribution in [1.29, 1.82) is 0 Å². The molecule has 0 amide bonds. The van der Waals surface area contributed by atoms with Crippen LogP contribution in [0.4, 0.5) is 0 Å². The van der Waals surface area contributed by atoms with Crippen LogP contribution in [-0.2, 0) is 0 Å². The summed E-state index contributed by atoms with van der Waals surface area (Å²) in [7, 11) is 0. The highest BCUT2D eigenvalue weighted by Gasteiger charge is 1.99. The van der Waals surface area contributed by atoms with E-state index >= 15 is 0 Å². The third kappa shape index (κ3) is 1.31. The van der Waals surface area contributed by atoms with Gasteiger partial charge in [-0.3, -0.25) is 9.78 Å². The zero-order chi connectivity index (χ0) is 9.26. The van der Waals surface area contributed by atoms with E-state index in [4.69, 9.17) is 0 Å². The van der Waals surface area contributed by atoms with Gasteiger partial charge in [-0.1, -0.05) is 17.7 Å². The third-order valence-corrected chi connectivity index (χ3v) is 2.06. The number of benzene rings is 1. The molecule has 0 aliphatic carbocycles. The minimum Gasteiger partial charge on any atom is -0.296 e. The number of rotatable bonds is 1. The Morgan fingerprint density at radius 1 is 1.31 bits per heavy atom. The van der Waals surface area contributed by atoms with Crippen LogP contribution in [0.1, 0.15) is 16.1 Å². The smallest absolute Gasteiger partial charge is 0.169 e. The second-order valence-corrected chi connectivity index (χ2v) is 3.04. The van der Waals surface area contributed by atoms with E-state index in [1.807, 2.05) is 31.2 Å². The van der Waals surface area contributed by atoms with Crippen LogP contribution < -0.4 is 0 Å². The van der Waals surface area contributed by atoms with Crippen LogP contribution in [0.3, 0.4) is 0 Å². The lowest BCUT2D eigenvalue weighted by Gasteiger charge is -2.00. The molecule has 1 heterocycles. The Hall–Kier alpha value is -1.70. The molecule has 2 heteroatoms. The fourth-order valence-corrected chi connectivity index (χ4v) is 1.40. The minimum atomic E-state index is 0.515. The number of nitrogens with zero attached hydrogens (tertiary/aromatic N) is 1. The topological polar surface area (TPSA) is 30.0 Å². The third-order valence-electron chi connectivity index (χ3n) is 2.06. The quantitative estimate of drug-likeness (QED) is 0.616. The number of hydrogen-bond donors (Lipinski definition) is 0. The minimum absolute atomic E-state index is 0.515. The molecule has 0 N–H and O–H groups in total. The highest BCUT2D eigenvalue weighted by molar-refractivity contribution is 5.96. The van der Waals surface area contributed by atoms with Crippen LogP contribution in [-0.4, -0.2) is 11.3 Å². The maximum Gasteiger partial charge on any atom is 0.169 e. The predicted molar refractivity (Wildman–Crippen MR) is 51.9 cm³/mol. The van der Waals surface area contributed by atoms with Crippen molar-refractivity contribution < 1.29 is 4.79 Å². The first kappa shape index (κ1) is 7.92. The second kappa shape index (κ2) is 2.98. The number of aromatic nitrogens is 1. The van der Waals surface area contributed by atoms with Crippen molar-refractivity contribution in [2.75, 3.05) is 0 Å². The van der Waals surface area contributed by atoms with Crippen LogP contribution in [0, 0.1) is 6.92 Å². The predicted octanol–water partition coefficient (Wildman–Crippen LogP) is 2.36. The fraction of sp³-hybridized carbons (Fsp3) is 0.0909. The van der Waals surface area contributed by atoms with Gasteiger partial charge in [-0.05, 0) is 24.4 Å². The van der Waals surface area contributed by atoms with E-state index < -0.39 is 0 Å². The van der Waals surface area contributed by atoms with Gasteiger partial charge >= 0.3 is 0 Å². The number of hydrogen-bond acceptors (Lipinski definition) is 2. The molecule has 2 aromatic rings. The van der Waals surface area contributed by atoms with Gasteiger partial charge in [0.1, 0.15) is 5.69 Å². The molecule has 0 fully saturated rings. The molecule has 2 rings (SSSR count). The average Bonchev–Trinajstić information content (AvgIpc) is 2.17. The molecule has 2 nitrogen and oxygen atoms in total. The molecular weight excluding hydrogens is 162 g/mol. The van der Waals surface area contributed by atoms with Gasteiger partial charge in [0.15, 0.2) is 6.29 Å². The molecule has 0 saturated heterocycles. The van der Waals surface area contributed by atoms with E-state index in [1.165, 1.54) is 0 Å². The monoisotopic (exact) mass is 171 g/mol. The Kier molecular flexibility index (Phi) is 1.81. The standard InChI is InChI=1S/C11H9NO/c1-8-2-3-9-4-5-12-11(7-13)10(9)6-8/h2-7H,1H3. The zero-order valence-electron chi connectivity index (χ0n) is 7.32. The van der Waals surface area contributed by atoms with Crippen molar-refractivity contribution in [3.63, 3.8) is 0 Å². The van der Waals surface area contributed by atoms with Crippen LogP contribution in [0.15, 0.2) is 30.5 Å². The van der Waals surface area contributed by atoms with Crippen molar-refractivity contribution in [3.8, 4) is 0 Å². The number of carbonyl (C=O) groups excluding carboxylic acids is 1. The lowest BCUT2D eigenvalue weighted by Crippen LogP contribution is -1.88. The Balaban J connectivity index is 2.86. The van der Waals surface area contributed by atoms with Gasteiger partial charge in [-0.15, -0.1) is 0 Å². The van der Waals surface area contributed by atoms with Gasteiger partial charge in [0.25, 0.3) is 0 Å². The van der Waals surface area contributed by atoms with Gasteiger partial charge in [0.05, 0.1) is 0 Å². The maximum atomic E-state index is 10.7. The highest BCUT2D eigenvalue weighted by Crippen LogP contribution is 2.16. The maximum absolute atomic E-state index is 10.7. The van der Waals surface area contributed by atoms with Gasteiger partial charge in [0, 0.05) is 11.6 Å². The van der Waals surface area contributed by atoms with Crippen molar-refractivity contribution in [2.45, 2.75) is 6.92 Å². The molecule has 1 aromatic heterocycles. The Labute approximate surface area is 76.2 Å². The Bertz CT molecular complexity index is 463. The first-order valence-electron chi connectivity index (χ1n) is 4.12. The second-order valence-electron chi connectivity index (χ2n) is 3.04. The van der Waals surface area contributed by atoms with E-state index in [9.17, 15) is 4.79 Å². The van der Waals surface area contributed by atoms with E-state index in [2.05, 4.69) is 4.98 Å². The molecule has 0 unspecified atom stereocenters. The van der Waals surface area contributed by atoms with Gasteiger partial charge < -0.3 is 0 Å². The summed E-state index contributed by atoms with van der Waals surface area (Å²) in [5, 5.41) is 1.99. The molecule has 0 aliphatic heterocycles. The SMILES string of the molecule is Cc1ccc2ccnc(C=O)c2c1. The van der Waals surface area contributed by atoms with Gasteiger partial charge in [-0.2, -0.15) is 0 Å². The van der Waals surface area contributed by atoms with E-state index in [1.54, 1.807) is 6.20 Å². The lowest BCUT2D eigenvalue weighted by molar-refractivity contribution is 0.112. The summed E-state index contributed by atoms with van der Waals surface area (Å²) in [5.41, 5.74) is 1.66. The van der Waals surface area contributed by atoms with Crippen LogP contribution in [0.2, 0.25) is 0 Å². The van der Waals surface area contributed by atoms with Crippen LogP contribution in [0.25, 0.3) is 10.8 Å². The van der Waals surface area contributed by atoms with Gasteiger partial charge in [-0.25, -0.2) is 0 Å². The number of aldehydes is 1. The number of carbonyl (C=O) groups is 1. The summed E-state index contributed by atoms with van der Waals surface area (Å²) in [6.45, 7) is 2.00. The highest BCUT2D eigenvalue weighted by atomic mass is 16.1. The molecule has 0 radical (unpaired) electrons. The Morgan fingerprint density at radius 2 is 2.15 bits per heavy atom. The summed E-state index contributed by atoms with van der Waals surface area (Å²) in [6.07, 6.45) is 2.45. The van der Waals surface area contributed by atoms with E-state index in [0.29, 0.717) is 5.69 Å². The van der Waals surface area contributed by atoms with Crippen LogP contribution >= 0.6 is 0 Å². The van der Waals surface area contributed by atoms with Gasteiger partial charge in [0.2, 0.25) is 0 Å². The van der Waals surface area contributed by atoms with Crippen molar-refractivity contribution >= 4 is 17.1 Å². The first-order chi connectivity index (χ1) is 6.31. The summed E-state index contributed by atoms with van der Waals surface area (Å²) in [5.74, 6) is 0. The molecule has 64 valence electrons. The summed E-state index contributed by atoms with van der Waals surface area (Å²) in [4.78, 5) is 14.7. The number of aryl methyl sites for hydroxylation is 1. The molecular formula is C11H9NO. The molecule has 1 aromatic carbocycles. The molecule has 13 heavy (non-hydrogen) atoms. The molecule has 0 atom stereocenters. The number of pyridine rings is 1. The van der Waals surface area contributed by atoms with Crippen molar-refractivity contribution in [2.24, 2.45) is 0 Å².